The largest absolute Gasteiger partial charge is 0.493 e. The molecule has 0 bridgehead atoms. The highest BCUT2D eigenvalue weighted by Crippen LogP contribution is 2.27. The van der Waals surface area contributed by atoms with E-state index in [0.29, 0.717) is 5.75 Å². The highest BCUT2D eigenvalue weighted by molar-refractivity contribution is 5.81. The van der Waals surface area contributed by atoms with Crippen LogP contribution in [0.3, 0.4) is 0 Å². The van der Waals surface area contributed by atoms with E-state index in [2.05, 4.69) is 0 Å². The van der Waals surface area contributed by atoms with Gasteiger partial charge in [0.2, 0.25) is 0 Å². The van der Waals surface area contributed by atoms with E-state index in [1.165, 1.54) is 32.4 Å². The minimum atomic E-state index is -5.53. The maximum absolute atomic E-state index is 12.7. The molecule has 4 nitrogen and oxygen atoms in total. The SMILES string of the molecule is [2H]C([2H])([2H])N(C(=O)C(F)(F)F)C([2H])([2H])Cc1ccc(OC)c(OC)c1. The predicted molar refractivity (Wildman–Crippen MR) is 66.9 cm³/mol. The zero-order valence-corrected chi connectivity index (χ0v) is 10.7. The van der Waals surface area contributed by atoms with Gasteiger partial charge in [0.25, 0.3) is 0 Å². The number of aryl methyl sites for hydroxylation is 1. The zero-order valence-electron chi connectivity index (χ0n) is 15.7. The predicted octanol–water partition coefficient (Wildman–Crippen LogP) is 2.27. The Balaban J connectivity index is 3.25. The molecule has 1 rings (SSSR count). The Hall–Kier alpha value is -1.92. The lowest BCUT2D eigenvalue weighted by molar-refractivity contribution is -0.184. The average Bonchev–Trinajstić information content (AvgIpc) is 2.43. The summed E-state index contributed by atoms with van der Waals surface area (Å²) >= 11 is 0. The van der Waals surface area contributed by atoms with Crippen molar-refractivity contribution in [2.24, 2.45) is 0 Å². The summed E-state index contributed by atoms with van der Waals surface area (Å²) in [4.78, 5) is 10.7. The van der Waals surface area contributed by atoms with Crippen LogP contribution >= 0.6 is 0 Å². The smallest absolute Gasteiger partial charge is 0.471 e. The summed E-state index contributed by atoms with van der Waals surface area (Å²) in [5, 5.41) is 0. The molecule has 0 spiro atoms. The van der Waals surface area contributed by atoms with Gasteiger partial charge in [-0.05, 0) is 24.1 Å². The van der Waals surface area contributed by atoms with Crippen LogP contribution in [-0.4, -0.2) is 44.7 Å². The lowest BCUT2D eigenvalue weighted by Crippen LogP contribution is -2.39. The lowest BCUT2D eigenvalue weighted by atomic mass is 10.1. The number of hydrogen-bond acceptors (Lipinski definition) is 3. The van der Waals surface area contributed by atoms with Gasteiger partial charge in [-0.15, -0.1) is 0 Å². The Morgan fingerprint density at radius 2 is 2.00 bits per heavy atom. The van der Waals surface area contributed by atoms with Crippen LogP contribution in [0.15, 0.2) is 18.2 Å². The fraction of sp³-hybridized carbons (Fsp3) is 0.462. The van der Waals surface area contributed by atoms with Gasteiger partial charge in [-0.3, -0.25) is 4.79 Å². The van der Waals surface area contributed by atoms with Gasteiger partial charge < -0.3 is 14.4 Å². The number of carbonyl (C=O) groups excluding carboxylic acids is 1. The fourth-order valence-electron chi connectivity index (χ4n) is 1.36. The number of rotatable bonds is 5. The summed E-state index contributed by atoms with van der Waals surface area (Å²) in [6.45, 7) is -6.75. The Morgan fingerprint density at radius 3 is 2.50 bits per heavy atom. The molecule has 0 N–H and O–H groups in total. The molecular formula is C13H16F3NO3. The van der Waals surface area contributed by atoms with Crippen LogP contribution in [0.2, 0.25) is 0 Å². The topological polar surface area (TPSA) is 38.8 Å². The summed E-state index contributed by atoms with van der Waals surface area (Å²) in [5.41, 5.74) is 0.117. The molecule has 0 aliphatic rings. The highest BCUT2D eigenvalue weighted by Gasteiger charge is 2.40. The summed E-state index contributed by atoms with van der Waals surface area (Å²) in [6.07, 6.45) is -6.33. The maximum Gasteiger partial charge on any atom is 0.471 e. The van der Waals surface area contributed by atoms with Crippen molar-refractivity contribution in [3.05, 3.63) is 23.8 Å². The quantitative estimate of drug-likeness (QED) is 0.836. The molecule has 1 aromatic rings. The Morgan fingerprint density at radius 1 is 1.35 bits per heavy atom. The first-order valence-electron chi connectivity index (χ1n) is 7.86. The molecule has 112 valence electrons. The van der Waals surface area contributed by atoms with E-state index in [1.807, 2.05) is 0 Å². The molecule has 0 aromatic heterocycles. The molecule has 1 aromatic carbocycles. The fourth-order valence-corrected chi connectivity index (χ4v) is 1.36. The van der Waals surface area contributed by atoms with Crippen LogP contribution in [0.4, 0.5) is 13.2 Å². The number of hydrogen-bond donors (Lipinski definition) is 0. The van der Waals surface area contributed by atoms with Gasteiger partial charge in [0.1, 0.15) is 0 Å². The van der Waals surface area contributed by atoms with Gasteiger partial charge in [0.15, 0.2) is 11.5 Å². The Labute approximate surface area is 122 Å². The second-order valence-electron chi connectivity index (χ2n) is 3.66. The number of ether oxygens (including phenoxy) is 2. The van der Waals surface area contributed by atoms with E-state index in [0.717, 1.165) is 0 Å². The number of methoxy groups -OCH3 is 2. The molecule has 0 aliphatic heterocycles. The van der Waals surface area contributed by atoms with E-state index in [9.17, 15) is 18.0 Å². The van der Waals surface area contributed by atoms with Crippen molar-refractivity contribution in [2.75, 3.05) is 27.7 Å². The average molecular weight is 296 g/mol. The molecule has 0 unspecified atom stereocenters. The molecule has 0 fully saturated rings. The molecule has 0 atom stereocenters. The number of alkyl halides is 3. The molecule has 0 aliphatic carbocycles. The summed E-state index contributed by atoms with van der Waals surface area (Å²) < 4.78 is 84.9. The number of halogens is 3. The van der Waals surface area contributed by atoms with Crippen molar-refractivity contribution in [3.8, 4) is 11.5 Å². The van der Waals surface area contributed by atoms with Crippen LogP contribution in [0, 0.1) is 0 Å². The molecule has 0 radical (unpaired) electrons. The van der Waals surface area contributed by atoms with E-state index < -0.39 is 36.9 Å². The van der Waals surface area contributed by atoms with Gasteiger partial charge >= 0.3 is 12.1 Å². The van der Waals surface area contributed by atoms with Crippen molar-refractivity contribution in [1.82, 2.24) is 4.90 Å². The lowest BCUT2D eigenvalue weighted by Gasteiger charge is -2.18. The van der Waals surface area contributed by atoms with Gasteiger partial charge in [-0.2, -0.15) is 13.2 Å². The second kappa shape index (κ2) is 6.49. The Kier molecular flexibility index (Phi) is 3.21. The first-order valence-corrected chi connectivity index (χ1v) is 5.36. The van der Waals surface area contributed by atoms with E-state index >= 15 is 0 Å². The van der Waals surface area contributed by atoms with Crippen LogP contribution < -0.4 is 9.47 Å². The maximum atomic E-state index is 12.7. The molecular weight excluding hydrogens is 275 g/mol. The van der Waals surface area contributed by atoms with Crippen LogP contribution in [0.1, 0.15) is 12.4 Å². The summed E-state index contributed by atoms with van der Waals surface area (Å²) in [6, 6.07) is 4.00. The second-order valence-corrected chi connectivity index (χ2v) is 3.66. The van der Waals surface area contributed by atoms with Crippen molar-refractivity contribution < 1.29 is 34.3 Å². The number of likely N-dealkylation sites (N-methyl/N-ethyl adjacent to an activating group) is 1. The number of benzene rings is 1. The minimum absolute atomic E-state index is 0.117. The zero-order chi connectivity index (χ0) is 19.6. The van der Waals surface area contributed by atoms with Gasteiger partial charge in [0, 0.05) is 20.3 Å². The van der Waals surface area contributed by atoms with Crippen molar-refractivity contribution in [3.63, 3.8) is 0 Å². The normalized spacial score (nSPS) is 16.1. The van der Waals surface area contributed by atoms with E-state index in [1.54, 1.807) is 0 Å². The number of nitrogens with zero attached hydrogens (tertiary/aromatic N) is 1. The van der Waals surface area contributed by atoms with Crippen molar-refractivity contribution >= 4 is 5.91 Å². The third-order valence-electron chi connectivity index (χ3n) is 2.33. The molecule has 0 saturated carbocycles. The molecule has 1 amide bonds. The van der Waals surface area contributed by atoms with Gasteiger partial charge in [0.05, 0.1) is 14.2 Å². The molecule has 20 heavy (non-hydrogen) atoms. The van der Waals surface area contributed by atoms with Crippen LogP contribution in [0.25, 0.3) is 0 Å². The van der Waals surface area contributed by atoms with Crippen molar-refractivity contribution in [2.45, 2.75) is 12.6 Å². The van der Waals surface area contributed by atoms with Gasteiger partial charge in [-0.1, -0.05) is 6.07 Å². The molecule has 0 heterocycles. The molecule has 7 heteroatoms. The van der Waals surface area contributed by atoms with Crippen LogP contribution in [0.5, 0.6) is 11.5 Å². The first kappa shape index (κ1) is 9.90. The third kappa shape index (κ3) is 4.04. The molecule has 0 saturated heterocycles. The van der Waals surface area contributed by atoms with Gasteiger partial charge in [-0.25, -0.2) is 0 Å². The number of carbonyl (C=O) groups is 1. The van der Waals surface area contributed by atoms with Crippen LogP contribution in [-0.2, 0) is 11.2 Å². The summed E-state index contributed by atoms with van der Waals surface area (Å²) in [7, 11) is 2.66. The third-order valence-corrected chi connectivity index (χ3v) is 2.33. The van der Waals surface area contributed by atoms with Crippen molar-refractivity contribution in [1.29, 1.82) is 0 Å². The Bertz CT molecular complexity index is 634. The van der Waals surface area contributed by atoms with E-state index in [4.69, 9.17) is 16.3 Å². The summed E-state index contributed by atoms with van der Waals surface area (Å²) in [5.74, 6) is -2.30. The number of amides is 1. The standard InChI is InChI=1S/C13H16F3NO3/c1-17(12(18)13(14,15)16)7-6-9-4-5-10(19-2)11(8-9)20-3/h4-5,8H,6-7H2,1-3H3/i1D3,7D2. The van der Waals surface area contributed by atoms with E-state index in [-0.39, 0.29) is 11.3 Å². The highest BCUT2D eigenvalue weighted by atomic mass is 19.4. The minimum Gasteiger partial charge on any atom is -0.493 e. The monoisotopic (exact) mass is 296 g/mol. The first-order chi connectivity index (χ1) is 11.2.